The fourth-order valence-corrected chi connectivity index (χ4v) is 2.99. The van der Waals surface area contributed by atoms with Gasteiger partial charge in [0.25, 0.3) is 0 Å². The van der Waals surface area contributed by atoms with Crippen molar-refractivity contribution in [3.05, 3.63) is 27.7 Å². The number of halogens is 8. The van der Waals surface area contributed by atoms with Gasteiger partial charge in [0.15, 0.2) is 0 Å². The molecule has 0 atom stereocenters. The number of anilines is 1. The SMILES string of the molecule is CCCNc1nc(SC(F)(F)F)nn1-c1c(Cl)cc(C(F)(F)F)cc1Cl. The standard InChI is InChI=1S/C13H10Cl2F6N4S/c1-2-3-22-10-23-11(26-13(19,20)21)24-25(10)9-7(14)4-6(5-8(9)15)12(16,17)18/h4-5H,2-3H2,1H3,(H,22,23,24). The number of aromatic nitrogens is 3. The van der Waals surface area contributed by atoms with Crippen molar-refractivity contribution < 1.29 is 26.3 Å². The average Bonchev–Trinajstić information content (AvgIpc) is 2.83. The summed E-state index contributed by atoms with van der Waals surface area (Å²) in [5.74, 6) is -0.123. The maximum Gasteiger partial charge on any atom is 0.449 e. The molecule has 144 valence electrons. The second-order valence-corrected chi connectivity index (χ2v) is 6.74. The van der Waals surface area contributed by atoms with Gasteiger partial charge in [-0.25, -0.2) is 0 Å². The predicted molar refractivity (Wildman–Crippen MR) is 87.1 cm³/mol. The van der Waals surface area contributed by atoms with E-state index >= 15 is 0 Å². The maximum atomic E-state index is 12.8. The quantitative estimate of drug-likeness (QED) is 0.457. The first-order chi connectivity index (χ1) is 11.9. The van der Waals surface area contributed by atoms with Crippen LogP contribution in [0.1, 0.15) is 18.9 Å². The summed E-state index contributed by atoms with van der Waals surface area (Å²) in [7, 11) is 0. The lowest BCUT2D eigenvalue weighted by atomic mass is 10.2. The molecule has 0 aliphatic carbocycles. The minimum atomic E-state index is -4.69. The summed E-state index contributed by atoms with van der Waals surface area (Å²) in [6, 6.07) is 1.23. The van der Waals surface area contributed by atoms with Crippen LogP contribution >= 0.6 is 35.0 Å². The van der Waals surface area contributed by atoms with Crippen LogP contribution in [0.25, 0.3) is 5.69 Å². The van der Waals surface area contributed by atoms with E-state index in [2.05, 4.69) is 15.4 Å². The van der Waals surface area contributed by atoms with Crippen LogP contribution in [0.2, 0.25) is 10.0 Å². The summed E-state index contributed by atoms with van der Waals surface area (Å²) in [5, 5.41) is 4.89. The van der Waals surface area contributed by atoms with Crippen molar-refractivity contribution in [3.8, 4) is 5.69 Å². The van der Waals surface area contributed by atoms with Crippen molar-refractivity contribution in [1.82, 2.24) is 14.8 Å². The molecule has 0 saturated carbocycles. The van der Waals surface area contributed by atoms with Gasteiger partial charge < -0.3 is 5.32 Å². The molecule has 13 heteroatoms. The lowest BCUT2D eigenvalue weighted by Gasteiger charge is -2.14. The van der Waals surface area contributed by atoms with E-state index in [1.807, 2.05) is 0 Å². The Labute approximate surface area is 157 Å². The Hall–Kier alpha value is -1.33. The van der Waals surface area contributed by atoms with Gasteiger partial charge in [-0.15, -0.1) is 5.10 Å². The van der Waals surface area contributed by atoms with Crippen LogP contribution in [0.15, 0.2) is 17.3 Å². The van der Waals surface area contributed by atoms with Gasteiger partial charge in [0.05, 0.1) is 15.6 Å². The van der Waals surface area contributed by atoms with Gasteiger partial charge in [-0.3, -0.25) is 0 Å². The molecule has 0 bridgehead atoms. The Morgan fingerprint density at radius 1 is 1.12 bits per heavy atom. The lowest BCUT2D eigenvalue weighted by Crippen LogP contribution is -2.10. The molecule has 0 unspecified atom stereocenters. The molecule has 0 saturated heterocycles. The molecule has 1 heterocycles. The van der Waals surface area contributed by atoms with Crippen LogP contribution in [0, 0.1) is 0 Å². The summed E-state index contributed by atoms with van der Waals surface area (Å²) in [5.41, 5.74) is -5.94. The number of rotatable bonds is 5. The molecule has 1 aromatic heterocycles. The van der Waals surface area contributed by atoms with Crippen molar-refractivity contribution in [2.24, 2.45) is 0 Å². The number of benzene rings is 1. The van der Waals surface area contributed by atoms with Gasteiger partial charge in [-0.05, 0) is 18.6 Å². The zero-order valence-corrected chi connectivity index (χ0v) is 15.2. The van der Waals surface area contributed by atoms with E-state index in [1.165, 1.54) is 0 Å². The highest BCUT2D eigenvalue weighted by Gasteiger charge is 2.34. The Morgan fingerprint density at radius 3 is 2.15 bits per heavy atom. The average molecular weight is 439 g/mol. The zero-order valence-electron chi connectivity index (χ0n) is 12.8. The third kappa shape index (κ3) is 5.10. The van der Waals surface area contributed by atoms with E-state index in [9.17, 15) is 26.3 Å². The molecule has 0 radical (unpaired) electrons. The van der Waals surface area contributed by atoms with Crippen LogP contribution in [0.4, 0.5) is 32.3 Å². The van der Waals surface area contributed by atoms with Crippen LogP contribution in [-0.2, 0) is 6.18 Å². The summed E-state index contributed by atoms with van der Waals surface area (Å²) in [4.78, 5) is 3.71. The molecule has 2 aromatic rings. The highest BCUT2D eigenvalue weighted by atomic mass is 35.5. The molecule has 2 rings (SSSR count). The maximum absolute atomic E-state index is 12.8. The second kappa shape index (κ2) is 7.73. The predicted octanol–water partition coefficient (Wildman–Crippen LogP) is 6.03. The number of nitrogens with one attached hydrogen (secondary N) is 1. The monoisotopic (exact) mass is 438 g/mol. The summed E-state index contributed by atoms with van der Waals surface area (Å²) < 4.78 is 77.0. The first-order valence-corrected chi connectivity index (χ1v) is 8.53. The van der Waals surface area contributed by atoms with Gasteiger partial charge >= 0.3 is 11.7 Å². The molecule has 1 N–H and O–H groups in total. The Bertz CT molecular complexity index is 767. The first-order valence-electron chi connectivity index (χ1n) is 6.95. The molecule has 0 amide bonds. The number of thioether (sulfide) groups is 1. The van der Waals surface area contributed by atoms with Gasteiger partial charge in [-0.2, -0.15) is 36.0 Å². The van der Waals surface area contributed by atoms with E-state index in [0.29, 0.717) is 25.1 Å². The van der Waals surface area contributed by atoms with Crippen LogP contribution in [-0.4, -0.2) is 26.8 Å². The normalized spacial score (nSPS) is 12.5. The number of hydrogen-bond donors (Lipinski definition) is 1. The molecule has 0 fully saturated rings. The van der Waals surface area contributed by atoms with Crippen molar-refractivity contribution >= 4 is 40.9 Å². The fraction of sp³-hybridized carbons (Fsp3) is 0.385. The summed E-state index contributed by atoms with van der Waals surface area (Å²) in [6.07, 6.45) is -4.07. The Morgan fingerprint density at radius 2 is 1.69 bits per heavy atom. The van der Waals surface area contributed by atoms with Gasteiger partial charge in [-0.1, -0.05) is 30.1 Å². The van der Waals surface area contributed by atoms with E-state index in [-0.39, 0.29) is 11.6 Å². The molecule has 4 nitrogen and oxygen atoms in total. The Balaban J connectivity index is 2.55. The van der Waals surface area contributed by atoms with Crippen molar-refractivity contribution in [1.29, 1.82) is 0 Å². The highest BCUT2D eigenvalue weighted by Crippen LogP contribution is 2.40. The summed E-state index contributed by atoms with van der Waals surface area (Å²) in [6.45, 7) is 2.14. The third-order valence-electron chi connectivity index (χ3n) is 2.88. The second-order valence-electron chi connectivity index (χ2n) is 4.89. The molecule has 0 aliphatic rings. The summed E-state index contributed by atoms with van der Waals surface area (Å²) >= 11 is 11.2. The molecular formula is C13H10Cl2F6N4S. The largest absolute Gasteiger partial charge is 0.449 e. The van der Waals surface area contributed by atoms with E-state index in [1.54, 1.807) is 6.92 Å². The first kappa shape index (κ1) is 21.0. The van der Waals surface area contributed by atoms with Crippen LogP contribution in [0.5, 0.6) is 0 Å². The zero-order chi connectivity index (χ0) is 19.7. The van der Waals surface area contributed by atoms with Crippen molar-refractivity contribution in [3.63, 3.8) is 0 Å². The number of nitrogens with zero attached hydrogens (tertiary/aromatic N) is 3. The van der Waals surface area contributed by atoms with E-state index < -0.39 is 44.2 Å². The number of alkyl halides is 6. The lowest BCUT2D eigenvalue weighted by molar-refractivity contribution is -0.137. The highest BCUT2D eigenvalue weighted by molar-refractivity contribution is 8.00. The van der Waals surface area contributed by atoms with Gasteiger partial charge in [0, 0.05) is 18.3 Å². The van der Waals surface area contributed by atoms with Gasteiger partial charge in [0.1, 0.15) is 5.69 Å². The Kier molecular flexibility index (Phi) is 6.24. The minimum Gasteiger partial charge on any atom is -0.354 e. The molecule has 26 heavy (non-hydrogen) atoms. The third-order valence-corrected chi connectivity index (χ3v) is 4.05. The van der Waals surface area contributed by atoms with Crippen molar-refractivity contribution in [2.75, 3.05) is 11.9 Å². The molecule has 1 aromatic carbocycles. The van der Waals surface area contributed by atoms with Gasteiger partial charge in [0.2, 0.25) is 11.1 Å². The topological polar surface area (TPSA) is 42.7 Å². The van der Waals surface area contributed by atoms with Crippen molar-refractivity contribution in [2.45, 2.75) is 30.2 Å². The van der Waals surface area contributed by atoms with E-state index in [4.69, 9.17) is 23.2 Å². The van der Waals surface area contributed by atoms with Crippen LogP contribution < -0.4 is 5.32 Å². The smallest absolute Gasteiger partial charge is 0.354 e. The molecule has 0 spiro atoms. The molecule has 0 aliphatic heterocycles. The van der Waals surface area contributed by atoms with E-state index in [0.717, 1.165) is 4.68 Å². The van der Waals surface area contributed by atoms with Crippen LogP contribution in [0.3, 0.4) is 0 Å². The fourth-order valence-electron chi connectivity index (χ4n) is 1.88. The number of hydrogen-bond acceptors (Lipinski definition) is 4. The minimum absolute atomic E-state index is 0.123. The molecular weight excluding hydrogens is 429 g/mol.